The van der Waals surface area contributed by atoms with Gasteiger partial charge in [0.05, 0.1) is 23.6 Å². The molecular weight excluding hydrogens is 401 g/mol. The number of methoxy groups -OCH3 is 1. The third-order valence-electron chi connectivity index (χ3n) is 3.47. The van der Waals surface area contributed by atoms with E-state index < -0.39 is 17.6 Å². The van der Waals surface area contributed by atoms with Gasteiger partial charge in [-0.25, -0.2) is 0 Å². The van der Waals surface area contributed by atoms with Crippen LogP contribution in [-0.2, 0) is 15.7 Å². The first-order chi connectivity index (χ1) is 12.7. The molecule has 0 spiro atoms. The summed E-state index contributed by atoms with van der Waals surface area (Å²) in [6.45, 7) is 5.74. The van der Waals surface area contributed by atoms with Crippen molar-refractivity contribution < 1.29 is 27.4 Å². The molecule has 5 nitrogen and oxygen atoms in total. The number of amides is 1. The van der Waals surface area contributed by atoms with Gasteiger partial charge < -0.3 is 19.7 Å². The van der Waals surface area contributed by atoms with Crippen molar-refractivity contribution in [3.8, 4) is 5.75 Å². The number of benzene rings is 1. The molecule has 0 unspecified atom stereocenters. The van der Waals surface area contributed by atoms with E-state index in [-0.39, 0.29) is 30.4 Å². The second-order valence-electron chi connectivity index (χ2n) is 5.33. The van der Waals surface area contributed by atoms with Crippen LogP contribution in [0.1, 0.15) is 19.4 Å². The SMILES string of the molecule is CCN(CC)C(=S)SCC(=O)Nc1cc(C(F)(F)F)ccc1OCCOC. The van der Waals surface area contributed by atoms with Gasteiger partial charge in [-0.15, -0.1) is 0 Å². The highest BCUT2D eigenvalue weighted by Crippen LogP contribution is 2.35. The molecule has 1 N–H and O–H groups in total. The maximum absolute atomic E-state index is 13.0. The molecule has 0 saturated carbocycles. The van der Waals surface area contributed by atoms with Crippen molar-refractivity contribution in [3.05, 3.63) is 23.8 Å². The van der Waals surface area contributed by atoms with Gasteiger partial charge in [0.15, 0.2) is 0 Å². The first kappa shape index (κ1) is 23.5. The number of carbonyl (C=O) groups excluding carboxylic acids is 1. The molecule has 1 rings (SSSR count). The fourth-order valence-corrected chi connectivity index (χ4v) is 3.25. The van der Waals surface area contributed by atoms with Crippen LogP contribution in [0.3, 0.4) is 0 Å². The number of anilines is 1. The molecule has 1 aromatic carbocycles. The number of hydrogen-bond acceptors (Lipinski definition) is 5. The minimum Gasteiger partial charge on any atom is -0.489 e. The summed E-state index contributed by atoms with van der Waals surface area (Å²) >= 11 is 6.40. The highest BCUT2D eigenvalue weighted by Gasteiger charge is 2.31. The Morgan fingerprint density at radius 3 is 2.48 bits per heavy atom. The van der Waals surface area contributed by atoms with E-state index >= 15 is 0 Å². The standard InChI is InChI=1S/C17H23F3N2O3S2/c1-4-22(5-2)16(26)27-11-15(23)21-13-10-12(17(18,19)20)6-7-14(13)25-9-8-24-3/h6-7,10H,4-5,8-9,11H2,1-3H3,(H,21,23). The van der Waals surface area contributed by atoms with Crippen LogP contribution >= 0.6 is 24.0 Å². The first-order valence-corrected chi connectivity index (χ1v) is 9.66. The summed E-state index contributed by atoms with van der Waals surface area (Å²) in [5.41, 5.74) is -0.913. The van der Waals surface area contributed by atoms with Crippen molar-refractivity contribution >= 4 is 39.9 Å². The highest BCUT2D eigenvalue weighted by molar-refractivity contribution is 8.23. The van der Waals surface area contributed by atoms with E-state index in [1.165, 1.54) is 13.2 Å². The van der Waals surface area contributed by atoms with Crippen LogP contribution in [0.25, 0.3) is 0 Å². The number of alkyl halides is 3. The third-order valence-corrected chi connectivity index (χ3v) is 5.00. The maximum Gasteiger partial charge on any atom is 0.416 e. The lowest BCUT2D eigenvalue weighted by atomic mass is 10.1. The molecule has 0 aliphatic heterocycles. The summed E-state index contributed by atoms with van der Waals surface area (Å²) in [5, 5.41) is 2.48. The minimum absolute atomic E-state index is 0.0108. The molecule has 0 atom stereocenters. The van der Waals surface area contributed by atoms with Crippen LogP contribution < -0.4 is 10.1 Å². The monoisotopic (exact) mass is 424 g/mol. The molecule has 27 heavy (non-hydrogen) atoms. The Balaban J connectivity index is 2.84. The summed E-state index contributed by atoms with van der Waals surface area (Å²) in [7, 11) is 1.48. The second-order valence-corrected chi connectivity index (χ2v) is 6.93. The number of rotatable bonds is 9. The first-order valence-electron chi connectivity index (χ1n) is 8.27. The predicted octanol–water partition coefficient (Wildman–Crippen LogP) is 4.03. The number of halogens is 3. The van der Waals surface area contributed by atoms with Crippen molar-refractivity contribution in [2.45, 2.75) is 20.0 Å². The van der Waals surface area contributed by atoms with Crippen molar-refractivity contribution in [1.29, 1.82) is 0 Å². The molecule has 0 fully saturated rings. The van der Waals surface area contributed by atoms with E-state index in [0.717, 1.165) is 37.0 Å². The lowest BCUT2D eigenvalue weighted by molar-refractivity contribution is -0.137. The Hall–Kier alpha value is -1.52. The highest BCUT2D eigenvalue weighted by atomic mass is 32.2. The third kappa shape index (κ3) is 7.94. The molecular formula is C17H23F3N2O3S2. The lowest BCUT2D eigenvalue weighted by Crippen LogP contribution is -2.28. The zero-order valence-corrected chi connectivity index (χ0v) is 17.0. The summed E-state index contributed by atoms with van der Waals surface area (Å²) in [6.07, 6.45) is -4.52. The fraction of sp³-hybridized carbons (Fsp3) is 0.529. The van der Waals surface area contributed by atoms with Gasteiger partial charge in [-0.05, 0) is 32.0 Å². The Labute approximate surface area is 166 Å². The van der Waals surface area contributed by atoms with Gasteiger partial charge in [-0.2, -0.15) is 13.2 Å². The maximum atomic E-state index is 13.0. The van der Waals surface area contributed by atoms with Gasteiger partial charge in [0.1, 0.15) is 16.7 Å². The summed E-state index contributed by atoms with van der Waals surface area (Å²) in [4.78, 5) is 14.1. The van der Waals surface area contributed by atoms with Crippen LogP contribution in [-0.4, -0.2) is 54.3 Å². The average molecular weight is 425 g/mol. The largest absolute Gasteiger partial charge is 0.489 e. The smallest absolute Gasteiger partial charge is 0.416 e. The van der Waals surface area contributed by atoms with Crippen molar-refractivity contribution in [2.24, 2.45) is 0 Å². The minimum atomic E-state index is -4.52. The molecule has 0 heterocycles. The van der Waals surface area contributed by atoms with E-state index in [9.17, 15) is 18.0 Å². The Kier molecular flexibility index (Phi) is 9.89. The molecule has 152 valence electrons. The zero-order valence-electron chi connectivity index (χ0n) is 15.4. The normalized spacial score (nSPS) is 11.2. The number of thioether (sulfide) groups is 1. The van der Waals surface area contributed by atoms with E-state index in [1.807, 2.05) is 18.7 Å². The molecule has 10 heteroatoms. The second kappa shape index (κ2) is 11.4. The van der Waals surface area contributed by atoms with E-state index in [2.05, 4.69) is 5.32 Å². The number of hydrogen-bond donors (Lipinski definition) is 1. The van der Waals surface area contributed by atoms with Crippen LogP contribution in [0.2, 0.25) is 0 Å². The molecule has 0 radical (unpaired) electrons. The molecule has 0 aromatic heterocycles. The van der Waals surface area contributed by atoms with Crippen LogP contribution in [0, 0.1) is 0 Å². The van der Waals surface area contributed by atoms with E-state index in [1.54, 1.807) is 0 Å². The topological polar surface area (TPSA) is 50.8 Å². The van der Waals surface area contributed by atoms with Gasteiger partial charge in [0, 0.05) is 20.2 Å². The number of thiocarbonyl (C=S) groups is 1. The summed E-state index contributed by atoms with van der Waals surface area (Å²) < 4.78 is 49.7. The average Bonchev–Trinajstić information content (AvgIpc) is 2.61. The number of ether oxygens (including phenoxy) is 2. The van der Waals surface area contributed by atoms with Crippen molar-refractivity contribution in [1.82, 2.24) is 4.90 Å². The molecule has 0 saturated heterocycles. The van der Waals surface area contributed by atoms with Gasteiger partial charge in [-0.3, -0.25) is 4.79 Å². The lowest BCUT2D eigenvalue weighted by Gasteiger charge is -2.20. The Bertz CT molecular complexity index is 638. The van der Waals surface area contributed by atoms with Crippen LogP contribution in [0.15, 0.2) is 18.2 Å². The molecule has 1 amide bonds. The van der Waals surface area contributed by atoms with Gasteiger partial charge in [-0.1, -0.05) is 24.0 Å². The number of nitrogens with zero attached hydrogens (tertiary/aromatic N) is 1. The Morgan fingerprint density at radius 2 is 1.93 bits per heavy atom. The summed E-state index contributed by atoms with van der Waals surface area (Å²) in [5.74, 6) is -0.335. The van der Waals surface area contributed by atoms with Gasteiger partial charge in [0.2, 0.25) is 5.91 Å². The molecule has 1 aromatic rings. The molecule has 0 aliphatic rings. The zero-order chi connectivity index (χ0) is 20.4. The number of carbonyl (C=O) groups is 1. The van der Waals surface area contributed by atoms with E-state index in [0.29, 0.717) is 4.32 Å². The summed E-state index contributed by atoms with van der Waals surface area (Å²) in [6, 6.07) is 2.94. The van der Waals surface area contributed by atoms with E-state index in [4.69, 9.17) is 21.7 Å². The molecule has 0 aliphatic carbocycles. The van der Waals surface area contributed by atoms with Gasteiger partial charge >= 0.3 is 6.18 Å². The van der Waals surface area contributed by atoms with Gasteiger partial charge in [0.25, 0.3) is 0 Å². The quantitative estimate of drug-likeness (QED) is 0.477. The fourth-order valence-electron chi connectivity index (χ4n) is 2.05. The predicted molar refractivity (Wildman–Crippen MR) is 105 cm³/mol. The van der Waals surface area contributed by atoms with Crippen molar-refractivity contribution in [2.75, 3.05) is 44.5 Å². The molecule has 0 bridgehead atoms. The number of nitrogens with one attached hydrogen (secondary N) is 1. The Morgan fingerprint density at radius 1 is 1.26 bits per heavy atom. The van der Waals surface area contributed by atoms with Crippen molar-refractivity contribution in [3.63, 3.8) is 0 Å². The van der Waals surface area contributed by atoms with Crippen LogP contribution in [0.4, 0.5) is 18.9 Å². The van der Waals surface area contributed by atoms with Crippen LogP contribution in [0.5, 0.6) is 5.75 Å².